The molecule has 0 bridgehead atoms. The number of esters is 1. The van der Waals surface area contributed by atoms with Gasteiger partial charge in [0.2, 0.25) is 0 Å². The summed E-state index contributed by atoms with van der Waals surface area (Å²) >= 11 is 0. The molecule has 19 heavy (non-hydrogen) atoms. The smallest absolute Gasteiger partial charge is 0.327 e. The van der Waals surface area contributed by atoms with Crippen molar-refractivity contribution in [1.82, 2.24) is 15.1 Å². The zero-order chi connectivity index (χ0) is 14.3. The van der Waals surface area contributed by atoms with Crippen molar-refractivity contribution in [2.45, 2.75) is 32.7 Å². The molecule has 112 valence electrons. The normalized spacial score (nSPS) is 21.7. The van der Waals surface area contributed by atoms with Crippen molar-refractivity contribution in [2.24, 2.45) is 0 Å². The molecule has 1 aliphatic rings. The van der Waals surface area contributed by atoms with Crippen LogP contribution in [0.25, 0.3) is 0 Å². The maximum absolute atomic E-state index is 12.2. The highest BCUT2D eigenvalue weighted by Gasteiger charge is 2.36. The van der Waals surface area contributed by atoms with E-state index in [1.54, 1.807) is 0 Å². The molecule has 0 aromatic rings. The first-order valence-electron chi connectivity index (χ1n) is 7.35. The van der Waals surface area contributed by atoms with Gasteiger partial charge in [0, 0.05) is 19.6 Å². The summed E-state index contributed by atoms with van der Waals surface area (Å²) in [5.41, 5.74) is -0.604. The number of nitrogens with one attached hydrogen (secondary N) is 1. The van der Waals surface area contributed by atoms with Crippen molar-refractivity contribution in [3.05, 3.63) is 0 Å². The molecule has 1 heterocycles. The lowest BCUT2D eigenvalue weighted by molar-refractivity contribution is -0.151. The Morgan fingerprint density at radius 2 is 2.00 bits per heavy atom. The maximum atomic E-state index is 12.2. The van der Waals surface area contributed by atoms with Gasteiger partial charge < -0.3 is 15.0 Å². The Hall–Kier alpha value is -0.650. The predicted molar refractivity (Wildman–Crippen MR) is 77.3 cm³/mol. The van der Waals surface area contributed by atoms with Gasteiger partial charge in [-0.25, -0.2) is 0 Å². The molecule has 0 spiro atoms. The van der Waals surface area contributed by atoms with Gasteiger partial charge in [0.15, 0.2) is 0 Å². The average molecular weight is 271 g/mol. The fourth-order valence-corrected chi connectivity index (χ4v) is 2.58. The average Bonchev–Trinajstić information content (AvgIpc) is 2.55. The second-order valence-corrected chi connectivity index (χ2v) is 5.52. The highest BCUT2D eigenvalue weighted by molar-refractivity contribution is 5.80. The number of hydrogen-bond acceptors (Lipinski definition) is 5. The Morgan fingerprint density at radius 1 is 1.26 bits per heavy atom. The molecule has 1 rings (SSSR count). The molecule has 0 radical (unpaired) electrons. The lowest BCUT2D eigenvalue weighted by Gasteiger charge is -2.33. The van der Waals surface area contributed by atoms with Crippen LogP contribution in [0.3, 0.4) is 0 Å². The Kier molecular flexibility index (Phi) is 6.75. The highest BCUT2D eigenvalue weighted by atomic mass is 16.5. The van der Waals surface area contributed by atoms with Gasteiger partial charge in [-0.2, -0.15) is 0 Å². The zero-order valence-corrected chi connectivity index (χ0v) is 12.9. The first-order valence-corrected chi connectivity index (χ1v) is 7.35. The van der Waals surface area contributed by atoms with Crippen LogP contribution in [0.4, 0.5) is 0 Å². The van der Waals surface area contributed by atoms with Gasteiger partial charge in [-0.3, -0.25) is 9.69 Å². The second-order valence-electron chi connectivity index (χ2n) is 5.52. The molecule has 0 aromatic carbocycles. The Balaban J connectivity index is 2.63. The first-order chi connectivity index (χ1) is 9.01. The molecule has 0 amide bonds. The van der Waals surface area contributed by atoms with E-state index >= 15 is 0 Å². The molecule has 0 aromatic heterocycles. The van der Waals surface area contributed by atoms with Crippen LogP contribution in [0, 0.1) is 0 Å². The number of nitrogens with zero attached hydrogens (tertiary/aromatic N) is 2. The SMILES string of the molecule is CCNC(C)(CN1CCCN(C)CC1)C(=O)OCC. The molecule has 1 aliphatic heterocycles. The highest BCUT2D eigenvalue weighted by Crippen LogP contribution is 2.12. The van der Waals surface area contributed by atoms with Gasteiger partial charge >= 0.3 is 5.97 Å². The van der Waals surface area contributed by atoms with E-state index in [9.17, 15) is 4.79 Å². The summed E-state index contributed by atoms with van der Waals surface area (Å²) in [5.74, 6) is -0.144. The third-order valence-corrected chi connectivity index (χ3v) is 3.64. The molecular formula is C14H29N3O2. The number of carbonyl (C=O) groups is 1. The van der Waals surface area contributed by atoms with Crippen LogP contribution in [0.5, 0.6) is 0 Å². The molecule has 1 atom stereocenters. The third-order valence-electron chi connectivity index (χ3n) is 3.64. The molecule has 5 nitrogen and oxygen atoms in total. The topological polar surface area (TPSA) is 44.8 Å². The van der Waals surface area contributed by atoms with Crippen molar-refractivity contribution in [3.8, 4) is 0 Å². The van der Waals surface area contributed by atoms with E-state index in [0.717, 1.165) is 39.1 Å². The molecule has 5 heteroatoms. The zero-order valence-electron chi connectivity index (χ0n) is 12.9. The minimum absolute atomic E-state index is 0.144. The van der Waals surface area contributed by atoms with Crippen molar-refractivity contribution >= 4 is 5.97 Å². The molecule has 0 aliphatic carbocycles. The number of carbonyl (C=O) groups excluding carboxylic acids is 1. The third kappa shape index (κ3) is 5.09. The summed E-state index contributed by atoms with van der Waals surface area (Å²) in [5, 5.41) is 3.29. The molecule has 1 fully saturated rings. The van der Waals surface area contributed by atoms with Crippen LogP contribution in [0.2, 0.25) is 0 Å². The van der Waals surface area contributed by atoms with Crippen LogP contribution in [0.1, 0.15) is 27.2 Å². The van der Waals surface area contributed by atoms with Crippen LogP contribution < -0.4 is 5.32 Å². The Morgan fingerprint density at radius 3 is 2.63 bits per heavy atom. The summed E-state index contributed by atoms with van der Waals surface area (Å²) in [6.45, 7) is 12.0. The monoisotopic (exact) mass is 271 g/mol. The molecule has 0 saturated carbocycles. The lowest BCUT2D eigenvalue weighted by atomic mass is 10.0. The quantitative estimate of drug-likeness (QED) is 0.715. The number of likely N-dealkylation sites (N-methyl/N-ethyl adjacent to an activating group) is 2. The maximum Gasteiger partial charge on any atom is 0.327 e. The van der Waals surface area contributed by atoms with E-state index in [1.807, 2.05) is 20.8 Å². The Bertz CT molecular complexity index is 286. The van der Waals surface area contributed by atoms with Gasteiger partial charge in [0.1, 0.15) is 5.54 Å². The van der Waals surface area contributed by atoms with Crippen LogP contribution in [-0.2, 0) is 9.53 Å². The van der Waals surface area contributed by atoms with E-state index in [2.05, 4.69) is 22.2 Å². The number of ether oxygens (including phenoxy) is 1. The van der Waals surface area contributed by atoms with Gasteiger partial charge in [-0.1, -0.05) is 6.92 Å². The summed E-state index contributed by atoms with van der Waals surface area (Å²) in [6, 6.07) is 0. The van der Waals surface area contributed by atoms with E-state index < -0.39 is 5.54 Å². The number of hydrogen-bond donors (Lipinski definition) is 1. The molecular weight excluding hydrogens is 242 g/mol. The lowest BCUT2D eigenvalue weighted by Crippen LogP contribution is -2.58. The largest absolute Gasteiger partial charge is 0.465 e. The van der Waals surface area contributed by atoms with E-state index in [-0.39, 0.29) is 5.97 Å². The van der Waals surface area contributed by atoms with Crippen LogP contribution in [-0.4, -0.2) is 74.2 Å². The van der Waals surface area contributed by atoms with Gasteiger partial charge in [0.05, 0.1) is 6.61 Å². The first kappa shape index (κ1) is 16.4. The van der Waals surface area contributed by atoms with Gasteiger partial charge in [0.25, 0.3) is 0 Å². The van der Waals surface area contributed by atoms with Crippen molar-refractivity contribution in [2.75, 3.05) is 52.9 Å². The predicted octanol–water partition coefficient (Wildman–Crippen LogP) is 0.555. The molecule has 1 saturated heterocycles. The Labute approximate surface area is 117 Å². The van der Waals surface area contributed by atoms with Crippen LogP contribution >= 0.6 is 0 Å². The summed E-state index contributed by atoms with van der Waals surface area (Å²) in [6.07, 6.45) is 1.15. The minimum Gasteiger partial charge on any atom is -0.465 e. The molecule has 1 unspecified atom stereocenters. The van der Waals surface area contributed by atoms with E-state index in [1.165, 1.54) is 0 Å². The number of rotatable bonds is 6. The standard InChI is InChI=1S/C14H29N3O2/c1-5-15-14(3,13(18)19-6-2)12-17-9-7-8-16(4)10-11-17/h15H,5-12H2,1-4H3. The summed E-state index contributed by atoms with van der Waals surface area (Å²) in [7, 11) is 2.15. The van der Waals surface area contributed by atoms with E-state index in [4.69, 9.17) is 4.74 Å². The minimum atomic E-state index is -0.604. The summed E-state index contributed by atoms with van der Waals surface area (Å²) < 4.78 is 5.21. The van der Waals surface area contributed by atoms with Crippen molar-refractivity contribution < 1.29 is 9.53 Å². The fraction of sp³-hybridized carbons (Fsp3) is 0.929. The van der Waals surface area contributed by atoms with Gasteiger partial charge in [-0.15, -0.1) is 0 Å². The van der Waals surface area contributed by atoms with Crippen molar-refractivity contribution in [1.29, 1.82) is 0 Å². The fourth-order valence-electron chi connectivity index (χ4n) is 2.58. The molecule has 1 N–H and O–H groups in total. The second kappa shape index (κ2) is 7.82. The summed E-state index contributed by atoms with van der Waals surface area (Å²) in [4.78, 5) is 16.9. The van der Waals surface area contributed by atoms with E-state index in [0.29, 0.717) is 13.2 Å². The van der Waals surface area contributed by atoms with Crippen LogP contribution in [0.15, 0.2) is 0 Å². The van der Waals surface area contributed by atoms with Crippen molar-refractivity contribution in [3.63, 3.8) is 0 Å². The van der Waals surface area contributed by atoms with Gasteiger partial charge in [-0.05, 0) is 47.0 Å².